The number of halogens is 2. The fourth-order valence-electron chi connectivity index (χ4n) is 2.43. The molecule has 0 aliphatic carbocycles. The van der Waals surface area contributed by atoms with Crippen LogP contribution in [0.2, 0.25) is 5.02 Å². The number of anilines is 1. The van der Waals surface area contributed by atoms with Gasteiger partial charge < -0.3 is 10.6 Å². The van der Waals surface area contributed by atoms with Crippen molar-refractivity contribution >= 4 is 29.1 Å². The predicted molar refractivity (Wildman–Crippen MR) is 103 cm³/mol. The zero-order chi connectivity index (χ0) is 19.2. The molecule has 0 fully saturated rings. The summed E-state index contributed by atoms with van der Waals surface area (Å²) in [5.74, 6) is -1.06. The third-order valence-corrected chi connectivity index (χ3v) is 4.11. The molecule has 0 aliphatic rings. The number of nitrogens with one attached hydrogen (secondary N) is 2. The van der Waals surface area contributed by atoms with Crippen LogP contribution < -0.4 is 10.6 Å². The van der Waals surface area contributed by atoms with E-state index in [1.807, 2.05) is 12.1 Å². The van der Waals surface area contributed by atoms with E-state index in [4.69, 9.17) is 11.6 Å². The zero-order valence-electron chi connectivity index (χ0n) is 14.2. The van der Waals surface area contributed by atoms with Crippen LogP contribution in [-0.4, -0.2) is 11.8 Å². The zero-order valence-corrected chi connectivity index (χ0v) is 15.0. The average Bonchev–Trinajstić information content (AvgIpc) is 2.67. The Labute approximate surface area is 161 Å². The predicted octanol–water partition coefficient (Wildman–Crippen LogP) is 4.66. The van der Waals surface area contributed by atoms with Crippen molar-refractivity contribution in [1.29, 1.82) is 0 Å². The normalized spacial score (nSPS) is 10.3. The average molecular weight is 383 g/mol. The van der Waals surface area contributed by atoms with Crippen LogP contribution in [0.15, 0.2) is 72.8 Å². The molecule has 0 aromatic heterocycles. The molecule has 0 saturated heterocycles. The number of rotatable bonds is 5. The summed E-state index contributed by atoms with van der Waals surface area (Å²) in [6.07, 6.45) is 0. The molecule has 6 heteroatoms. The quantitative estimate of drug-likeness (QED) is 0.674. The smallest absolute Gasteiger partial charge is 0.255 e. The van der Waals surface area contributed by atoms with Gasteiger partial charge in [-0.2, -0.15) is 0 Å². The fraction of sp³-hybridized carbons (Fsp3) is 0.0476. The molecule has 0 spiro atoms. The summed E-state index contributed by atoms with van der Waals surface area (Å²) in [7, 11) is 0. The summed E-state index contributed by atoms with van der Waals surface area (Å²) in [6.45, 7) is 0.373. The van der Waals surface area contributed by atoms with E-state index in [1.54, 1.807) is 42.5 Å². The lowest BCUT2D eigenvalue weighted by atomic mass is 10.1. The molecule has 0 radical (unpaired) electrons. The van der Waals surface area contributed by atoms with Crippen molar-refractivity contribution in [1.82, 2.24) is 5.32 Å². The topological polar surface area (TPSA) is 58.2 Å². The Balaban J connectivity index is 1.59. The first kappa shape index (κ1) is 18.6. The van der Waals surface area contributed by atoms with Crippen molar-refractivity contribution in [2.75, 3.05) is 5.32 Å². The third kappa shape index (κ3) is 5.15. The molecule has 2 amide bonds. The van der Waals surface area contributed by atoms with Gasteiger partial charge in [-0.05, 0) is 60.2 Å². The summed E-state index contributed by atoms with van der Waals surface area (Å²) in [5.41, 5.74) is 2.10. The molecule has 27 heavy (non-hydrogen) atoms. The van der Waals surface area contributed by atoms with Crippen LogP contribution in [-0.2, 0) is 6.54 Å². The summed E-state index contributed by atoms with van der Waals surface area (Å²) in [5, 5.41) is 6.05. The molecule has 0 aliphatic heterocycles. The molecule has 0 unspecified atom stereocenters. The van der Waals surface area contributed by atoms with Crippen LogP contribution in [0.1, 0.15) is 26.3 Å². The maximum atomic E-state index is 13.2. The summed E-state index contributed by atoms with van der Waals surface area (Å²) in [4.78, 5) is 24.4. The van der Waals surface area contributed by atoms with E-state index in [9.17, 15) is 14.0 Å². The highest BCUT2D eigenvalue weighted by molar-refractivity contribution is 6.30. The maximum absolute atomic E-state index is 13.2. The summed E-state index contributed by atoms with van der Waals surface area (Å²) in [6, 6.07) is 19.1. The highest BCUT2D eigenvalue weighted by atomic mass is 35.5. The number of benzene rings is 3. The van der Waals surface area contributed by atoms with E-state index in [1.165, 1.54) is 18.2 Å². The Morgan fingerprint density at radius 1 is 0.852 bits per heavy atom. The first-order valence-corrected chi connectivity index (χ1v) is 8.59. The van der Waals surface area contributed by atoms with Gasteiger partial charge in [0.05, 0.1) is 0 Å². The molecular weight excluding hydrogens is 367 g/mol. The molecule has 0 heterocycles. The summed E-state index contributed by atoms with van der Waals surface area (Å²) < 4.78 is 13.2. The van der Waals surface area contributed by atoms with E-state index < -0.39 is 5.82 Å². The third-order valence-electron chi connectivity index (χ3n) is 3.86. The van der Waals surface area contributed by atoms with Gasteiger partial charge >= 0.3 is 0 Å². The van der Waals surface area contributed by atoms with Crippen LogP contribution >= 0.6 is 11.6 Å². The minimum Gasteiger partial charge on any atom is -0.348 e. The Bertz CT molecular complexity index is 957. The molecular formula is C21H16ClFN2O2. The molecule has 0 atom stereocenters. The lowest BCUT2D eigenvalue weighted by Crippen LogP contribution is -2.23. The minimum absolute atomic E-state index is 0.248. The lowest BCUT2D eigenvalue weighted by molar-refractivity contribution is 0.0949. The van der Waals surface area contributed by atoms with Crippen molar-refractivity contribution in [2.24, 2.45) is 0 Å². The molecule has 3 rings (SSSR count). The van der Waals surface area contributed by atoms with E-state index >= 15 is 0 Å². The van der Waals surface area contributed by atoms with Gasteiger partial charge in [-0.1, -0.05) is 29.8 Å². The van der Waals surface area contributed by atoms with Crippen LogP contribution in [0.25, 0.3) is 0 Å². The SMILES string of the molecule is O=C(NCc1ccc(Cl)cc1)c1ccc(C(=O)Nc2cccc(F)c2)cc1. The molecule has 136 valence electrons. The maximum Gasteiger partial charge on any atom is 0.255 e. The van der Waals surface area contributed by atoms with Gasteiger partial charge in [0.2, 0.25) is 0 Å². The van der Waals surface area contributed by atoms with E-state index in [0.717, 1.165) is 5.56 Å². The van der Waals surface area contributed by atoms with Crippen LogP contribution in [0.4, 0.5) is 10.1 Å². The van der Waals surface area contributed by atoms with Crippen molar-refractivity contribution in [2.45, 2.75) is 6.54 Å². The van der Waals surface area contributed by atoms with Gasteiger partial charge in [-0.15, -0.1) is 0 Å². The Kier molecular flexibility index (Phi) is 5.84. The second kappa shape index (κ2) is 8.47. The Morgan fingerprint density at radius 3 is 2.11 bits per heavy atom. The van der Waals surface area contributed by atoms with Gasteiger partial charge in [0, 0.05) is 28.4 Å². The highest BCUT2D eigenvalue weighted by Crippen LogP contribution is 2.13. The Morgan fingerprint density at radius 2 is 1.48 bits per heavy atom. The van der Waals surface area contributed by atoms with Crippen molar-refractivity contribution in [3.05, 3.63) is 100 Å². The molecule has 0 saturated carbocycles. The first-order valence-electron chi connectivity index (χ1n) is 8.21. The van der Waals surface area contributed by atoms with Gasteiger partial charge in [0.1, 0.15) is 5.82 Å². The number of amides is 2. The first-order chi connectivity index (χ1) is 13.0. The largest absolute Gasteiger partial charge is 0.348 e. The number of carbonyl (C=O) groups is 2. The van der Waals surface area contributed by atoms with Gasteiger partial charge in [-0.25, -0.2) is 4.39 Å². The van der Waals surface area contributed by atoms with Crippen molar-refractivity contribution < 1.29 is 14.0 Å². The highest BCUT2D eigenvalue weighted by Gasteiger charge is 2.09. The molecule has 2 N–H and O–H groups in total. The lowest BCUT2D eigenvalue weighted by Gasteiger charge is -2.08. The van der Waals surface area contributed by atoms with Crippen molar-refractivity contribution in [3.8, 4) is 0 Å². The minimum atomic E-state index is -0.430. The van der Waals surface area contributed by atoms with Crippen molar-refractivity contribution in [3.63, 3.8) is 0 Å². The molecule has 4 nitrogen and oxygen atoms in total. The van der Waals surface area contributed by atoms with Gasteiger partial charge in [0.25, 0.3) is 11.8 Å². The standard InChI is InChI=1S/C21H16ClFN2O2/c22-17-10-4-14(5-11-17)13-24-20(26)15-6-8-16(9-7-15)21(27)25-19-3-1-2-18(23)12-19/h1-12H,13H2,(H,24,26)(H,25,27). The second-order valence-electron chi connectivity index (χ2n) is 5.85. The second-order valence-corrected chi connectivity index (χ2v) is 6.29. The van der Waals surface area contributed by atoms with Crippen LogP contribution in [0, 0.1) is 5.82 Å². The number of carbonyl (C=O) groups excluding carboxylic acids is 2. The monoisotopic (exact) mass is 382 g/mol. The number of hydrogen-bond donors (Lipinski definition) is 2. The van der Waals surface area contributed by atoms with Crippen LogP contribution in [0.3, 0.4) is 0 Å². The Hall–Kier alpha value is -3.18. The van der Waals surface area contributed by atoms with E-state index in [-0.39, 0.29) is 11.8 Å². The van der Waals surface area contributed by atoms with E-state index in [2.05, 4.69) is 10.6 Å². The molecule has 0 bridgehead atoms. The fourth-order valence-corrected chi connectivity index (χ4v) is 2.56. The van der Waals surface area contributed by atoms with Crippen LogP contribution in [0.5, 0.6) is 0 Å². The molecule has 3 aromatic carbocycles. The van der Waals surface area contributed by atoms with Gasteiger partial charge in [-0.3, -0.25) is 9.59 Å². The van der Waals surface area contributed by atoms with E-state index in [0.29, 0.717) is 28.4 Å². The molecule has 3 aromatic rings. The number of hydrogen-bond acceptors (Lipinski definition) is 2. The van der Waals surface area contributed by atoms with Gasteiger partial charge in [0.15, 0.2) is 0 Å². The summed E-state index contributed by atoms with van der Waals surface area (Å²) >= 11 is 5.83.